The van der Waals surface area contributed by atoms with Gasteiger partial charge in [0.25, 0.3) is 6.71 Å². The van der Waals surface area contributed by atoms with Crippen LogP contribution in [0.25, 0.3) is 22.3 Å². The van der Waals surface area contributed by atoms with Crippen LogP contribution in [0, 0.1) is 0 Å². The molecule has 9 aromatic carbocycles. The normalized spacial score (nSPS) is 12.4. The molecular formula is C54H38B2N2. The smallest absolute Gasteiger partial charge is 0.252 e. The number of anilines is 6. The molecule has 0 saturated heterocycles. The number of rotatable bonds is 7. The fourth-order valence-corrected chi connectivity index (χ4v) is 9.39. The zero-order chi connectivity index (χ0) is 38.4. The largest absolute Gasteiger partial charge is 0.311 e. The van der Waals surface area contributed by atoms with Crippen molar-refractivity contribution in [1.82, 2.24) is 0 Å². The maximum atomic E-state index is 2.51. The molecule has 2 aliphatic rings. The summed E-state index contributed by atoms with van der Waals surface area (Å²) in [6, 6.07) is 84.5. The number of para-hydroxylation sites is 1. The molecule has 270 valence electrons. The first-order valence-electron chi connectivity index (χ1n) is 20.2. The molecule has 0 atom stereocenters. The molecule has 58 heavy (non-hydrogen) atoms. The van der Waals surface area contributed by atoms with Gasteiger partial charge in [-0.25, -0.2) is 0 Å². The number of hydrogen-bond acceptors (Lipinski definition) is 2. The minimum Gasteiger partial charge on any atom is -0.311 e. The average Bonchev–Trinajstić information content (AvgIpc) is 3.30. The third-order valence-electron chi connectivity index (χ3n) is 12.0. The summed E-state index contributed by atoms with van der Waals surface area (Å²) < 4.78 is 0. The van der Waals surface area contributed by atoms with E-state index in [1.807, 2.05) is 0 Å². The summed E-state index contributed by atoms with van der Waals surface area (Å²) in [5.41, 5.74) is 19.7. The summed E-state index contributed by atoms with van der Waals surface area (Å²) >= 11 is 0. The second-order valence-corrected chi connectivity index (χ2v) is 15.3. The van der Waals surface area contributed by atoms with Crippen molar-refractivity contribution in [3.05, 3.63) is 231 Å². The predicted octanol–water partition coefficient (Wildman–Crippen LogP) is 9.62. The summed E-state index contributed by atoms with van der Waals surface area (Å²) in [7, 11) is 0. The Kier molecular flexibility index (Phi) is 8.40. The molecule has 2 nitrogen and oxygen atoms in total. The quantitative estimate of drug-likeness (QED) is 0.151. The highest BCUT2D eigenvalue weighted by molar-refractivity contribution is 7.01. The fraction of sp³-hybridized carbons (Fsp3) is 0. The summed E-state index contributed by atoms with van der Waals surface area (Å²) in [6.07, 6.45) is 0. The van der Waals surface area contributed by atoms with Crippen LogP contribution in [0.1, 0.15) is 0 Å². The van der Waals surface area contributed by atoms with E-state index < -0.39 is 0 Å². The molecule has 0 saturated carbocycles. The van der Waals surface area contributed by atoms with Crippen molar-refractivity contribution in [3.63, 3.8) is 0 Å². The van der Waals surface area contributed by atoms with Crippen molar-refractivity contribution in [1.29, 1.82) is 0 Å². The molecule has 9 aromatic rings. The van der Waals surface area contributed by atoms with Crippen LogP contribution in [0.2, 0.25) is 0 Å². The number of hydrogen-bond donors (Lipinski definition) is 0. The van der Waals surface area contributed by atoms with Gasteiger partial charge in [-0.3, -0.25) is 0 Å². The Labute approximate surface area is 341 Å². The van der Waals surface area contributed by atoms with Gasteiger partial charge >= 0.3 is 0 Å². The van der Waals surface area contributed by atoms with Crippen LogP contribution < -0.4 is 42.6 Å². The van der Waals surface area contributed by atoms with Gasteiger partial charge in [-0.2, -0.15) is 0 Å². The Balaban J connectivity index is 1.17. The van der Waals surface area contributed by atoms with E-state index in [4.69, 9.17) is 0 Å². The lowest BCUT2D eigenvalue weighted by Gasteiger charge is -2.44. The molecule has 0 unspecified atom stereocenters. The third-order valence-corrected chi connectivity index (χ3v) is 12.0. The first-order valence-corrected chi connectivity index (χ1v) is 20.2. The summed E-state index contributed by atoms with van der Waals surface area (Å²) in [6.45, 7) is 0.105. The summed E-state index contributed by atoms with van der Waals surface area (Å²) in [5, 5.41) is 0. The van der Waals surface area contributed by atoms with Crippen LogP contribution in [0.4, 0.5) is 34.1 Å². The molecule has 0 aliphatic carbocycles. The van der Waals surface area contributed by atoms with Gasteiger partial charge in [0.15, 0.2) is 0 Å². The maximum absolute atomic E-state index is 2.51. The van der Waals surface area contributed by atoms with Crippen molar-refractivity contribution in [3.8, 4) is 22.3 Å². The van der Waals surface area contributed by atoms with Crippen molar-refractivity contribution in [2.45, 2.75) is 0 Å². The standard InChI is InChI=1S/C54H38B2N2/c1-6-18-39(19-7-1)41-22-16-29-47(36-41)58-51-31-17-30-50-54(51)56(48-34-32-42(37-52(48)58)40-20-8-2-9-21-40)49-35-33-45(38-53(49)57(50)46-27-14-5-15-28-46)55(43-23-10-3-11-24-43)44-25-12-4-13-26-44/h1-38H. The van der Waals surface area contributed by atoms with Gasteiger partial charge in [0.05, 0.1) is 0 Å². The molecule has 2 aliphatic heterocycles. The summed E-state index contributed by atoms with van der Waals surface area (Å²) in [4.78, 5) is 5.01. The highest BCUT2D eigenvalue weighted by Crippen LogP contribution is 2.45. The molecule has 4 heteroatoms. The van der Waals surface area contributed by atoms with E-state index in [0.29, 0.717) is 0 Å². The Morgan fingerprint density at radius 3 is 1.34 bits per heavy atom. The molecule has 11 rings (SSSR count). The molecule has 0 spiro atoms. The topological polar surface area (TPSA) is 6.48 Å². The van der Waals surface area contributed by atoms with Gasteiger partial charge in [0, 0.05) is 34.1 Å². The molecular weight excluding hydrogens is 698 g/mol. The predicted molar refractivity (Wildman–Crippen MR) is 249 cm³/mol. The zero-order valence-corrected chi connectivity index (χ0v) is 32.0. The van der Waals surface area contributed by atoms with E-state index in [9.17, 15) is 0 Å². The highest BCUT2D eigenvalue weighted by Gasteiger charge is 2.43. The lowest BCUT2D eigenvalue weighted by molar-refractivity contribution is 1.25. The second-order valence-electron chi connectivity index (χ2n) is 15.3. The van der Waals surface area contributed by atoms with E-state index in [-0.39, 0.29) is 13.4 Å². The monoisotopic (exact) mass is 736 g/mol. The van der Waals surface area contributed by atoms with Crippen LogP contribution in [0.15, 0.2) is 231 Å². The fourth-order valence-electron chi connectivity index (χ4n) is 9.39. The number of benzene rings is 9. The molecule has 0 bridgehead atoms. The third kappa shape index (κ3) is 5.76. The van der Waals surface area contributed by atoms with Crippen molar-refractivity contribution >= 4 is 80.3 Å². The van der Waals surface area contributed by atoms with Crippen molar-refractivity contribution in [2.75, 3.05) is 9.80 Å². The Hall–Kier alpha value is -7.29. The second kappa shape index (κ2) is 14.3. The molecule has 2 heterocycles. The van der Waals surface area contributed by atoms with Crippen molar-refractivity contribution in [2.24, 2.45) is 0 Å². The molecule has 0 fully saturated rings. The van der Waals surface area contributed by atoms with Crippen LogP contribution in [-0.2, 0) is 0 Å². The Morgan fingerprint density at radius 1 is 0.293 bits per heavy atom. The van der Waals surface area contributed by atoms with E-state index in [1.54, 1.807) is 0 Å². The van der Waals surface area contributed by atoms with Crippen LogP contribution in [0.5, 0.6) is 0 Å². The van der Waals surface area contributed by atoms with Gasteiger partial charge in [0.1, 0.15) is 0 Å². The molecule has 0 aromatic heterocycles. The van der Waals surface area contributed by atoms with Gasteiger partial charge in [-0.15, -0.1) is 0 Å². The highest BCUT2D eigenvalue weighted by atomic mass is 15.2. The molecule has 0 amide bonds. The zero-order valence-electron chi connectivity index (χ0n) is 32.0. The van der Waals surface area contributed by atoms with Crippen LogP contribution in [0.3, 0.4) is 0 Å². The van der Waals surface area contributed by atoms with E-state index in [1.165, 1.54) is 77.8 Å². The number of nitrogens with zero attached hydrogens (tertiary/aromatic N) is 2. The van der Waals surface area contributed by atoms with Gasteiger partial charge in [0.2, 0.25) is 6.71 Å². The van der Waals surface area contributed by atoms with E-state index in [0.717, 1.165) is 11.4 Å². The molecule has 0 N–H and O–H groups in total. The maximum Gasteiger partial charge on any atom is 0.252 e. The first-order chi connectivity index (χ1) is 28.8. The van der Waals surface area contributed by atoms with Crippen molar-refractivity contribution < 1.29 is 0 Å². The SMILES string of the molecule is c1ccc(B(c2ccccc2)c2ccc3c(c2)N(c2ccccc2)c2cccc4c2B3c2ccc(-c3ccccc3)cc2N4c2cccc(-c3ccccc3)c2)cc1. The lowest BCUT2D eigenvalue weighted by Crippen LogP contribution is -2.62. The van der Waals surface area contributed by atoms with Crippen LogP contribution in [-0.4, -0.2) is 13.4 Å². The first kappa shape index (κ1) is 34.0. The van der Waals surface area contributed by atoms with Gasteiger partial charge < -0.3 is 9.80 Å². The van der Waals surface area contributed by atoms with E-state index >= 15 is 0 Å². The Bertz CT molecular complexity index is 2860. The average molecular weight is 737 g/mol. The van der Waals surface area contributed by atoms with Gasteiger partial charge in [-0.1, -0.05) is 198 Å². The minimum absolute atomic E-state index is 0.0236. The van der Waals surface area contributed by atoms with Gasteiger partial charge in [-0.05, 0) is 87.2 Å². The Morgan fingerprint density at radius 2 is 0.741 bits per heavy atom. The molecule has 0 radical (unpaired) electrons. The number of fused-ring (bicyclic) bond motifs is 4. The lowest BCUT2D eigenvalue weighted by atomic mass is 9.32. The van der Waals surface area contributed by atoms with Crippen LogP contribution >= 0.6 is 0 Å². The minimum atomic E-state index is 0.0236. The van der Waals surface area contributed by atoms with E-state index in [2.05, 4.69) is 240 Å². The summed E-state index contributed by atoms with van der Waals surface area (Å²) in [5.74, 6) is 0.